The number of ether oxygens (including phenoxy) is 1. The molecule has 0 saturated carbocycles. The Balaban J connectivity index is 1.66. The number of para-hydroxylation sites is 1. The van der Waals surface area contributed by atoms with Crippen molar-refractivity contribution < 1.29 is 17.9 Å². The van der Waals surface area contributed by atoms with Crippen LogP contribution in [-0.2, 0) is 22.9 Å². The number of primary sulfonamides is 1. The molecule has 8 heteroatoms. The standard InChI is InChI=1S/C18H17ClN2O4S/c19-14-6-2-5-13-15(9-25-17(13)14)21-18(22)11-7-10-3-1-4-12(10)16(8-11)26(20,23)24/h2,5-8,15H,1,3-4,9H2,(H,21,22)(H2,20,23,24). The molecule has 0 bridgehead atoms. The Morgan fingerprint density at radius 3 is 2.85 bits per heavy atom. The second-order valence-corrected chi connectivity index (χ2v) is 8.44. The first-order valence-corrected chi connectivity index (χ1v) is 10.2. The first-order valence-electron chi connectivity index (χ1n) is 8.25. The minimum absolute atomic E-state index is 0.0452. The molecule has 0 saturated heterocycles. The lowest BCUT2D eigenvalue weighted by molar-refractivity contribution is 0.0930. The van der Waals surface area contributed by atoms with Gasteiger partial charge >= 0.3 is 0 Å². The normalized spacial score (nSPS) is 18.2. The van der Waals surface area contributed by atoms with E-state index in [9.17, 15) is 13.2 Å². The Morgan fingerprint density at radius 1 is 1.27 bits per heavy atom. The number of carbonyl (C=O) groups is 1. The second kappa shape index (κ2) is 6.26. The minimum atomic E-state index is -3.89. The van der Waals surface area contributed by atoms with Crippen LogP contribution in [0.1, 0.15) is 39.5 Å². The molecule has 2 aliphatic rings. The second-order valence-electron chi connectivity index (χ2n) is 6.51. The number of sulfonamides is 1. The highest BCUT2D eigenvalue weighted by atomic mass is 35.5. The van der Waals surface area contributed by atoms with E-state index in [1.54, 1.807) is 18.2 Å². The number of nitrogens with one attached hydrogen (secondary N) is 1. The van der Waals surface area contributed by atoms with Crippen molar-refractivity contribution in [2.45, 2.75) is 30.2 Å². The predicted molar refractivity (Wildman–Crippen MR) is 97.0 cm³/mol. The highest BCUT2D eigenvalue weighted by Gasteiger charge is 2.29. The SMILES string of the molecule is NS(=O)(=O)c1cc(C(=O)NC2COc3c(Cl)cccc32)cc2c1CCC2. The van der Waals surface area contributed by atoms with Gasteiger partial charge in [0.1, 0.15) is 12.4 Å². The first-order chi connectivity index (χ1) is 12.3. The van der Waals surface area contributed by atoms with E-state index in [2.05, 4.69) is 5.32 Å². The average Bonchev–Trinajstić information content (AvgIpc) is 3.20. The molecule has 1 atom stereocenters. The highest BCUT2D eigenvalue weighted by molar-refractivity contribution is 7.89. The van der Waals surface area contributed by atoms with E-state index in [0.717, 1.165) is 29.5 Å². The number of rotatable bonds is 3. The van der Waals surface area contributed by atoms with Crippen molar-refractivity contribution >= 4 is 27.5 Å². The van der Waals surface area contributed by atoms with Crippen molar-refractivity contribution in [2.24, 2.45) is 5.14 Å². The number of halogens is 1. The molecule has 1 aliphatic carbocycles. The number of aryl methyl sites for hydroxylation is 1. The smallest absolute Gasteiger partial charge is 0.251 e. The van der Waals surface area contributed by atoms with Crippen LogP contribution in [0.3, 0.4) is 0 Å². The maximum Gasteiger partial charge on any atom is 0.251 e. The molecule has 0 radical (unpaired) electrons. The van der Waals surface area contributed by atoms with E-state index >= 15 is 0 Å². The molecule has 0 aromatic heterocycles. The molecular formula is C18H17ClN2O4S. The van der Waals surface area contributed by atoms with Crippen LogP contribution in [0.25, 0.3) is 0 Å². The maximum absolute atomic E-state index is 12.7. The van der Waals surface area contributed by atoms with Crippen molar-refractivity contribution in [1.29, 1.82) is 0 Å². The third-order valence-electron chi connectivity index (χ3n) is 4.82. The summed E-state index contributed by atoms with van der Waals surface area (Å²) in [4.78, 5) is 12.8. The van der Waals surface area contributed by atoms with Gasteiger partial charge < -0.3 is 10.1 Å². The number of carbonyl (C=O) groups excluding carboxylic acids is 1. The molecule has 6 nitrogen and oxygen atoms in total. The molecule has 1 aliphatic heterocycles. The van der Waals surface area contributed by atoms with Gasteiger partial charge in [0.25, 0.3) is 5.91 Å². The van der Waals surface area contributed by atoms with Gasteiger partial charge in [-0.2, -0.15) is 0 Å². The molecule has 0 fully saturated rings. The Kier molecular flexibility index (Phi) is 4.17. The largest absolute Gasteiger partial charge is 0.489 e. The summed E-state index contributed by atoms with van der Waals surface area (Å²) in [6, 6.07) is 8.14. The van der Waals surface area contributed by atoms with Gasteiger partial charge in [-0.05, 0) is 48.6 Å². The molecule has 26 heavy (non-hydrogen) atoms. The third kappa shape index (κ3) is 2.96. The molecule has 2 aromatic carbocycles. The van der Waals surface area contributed by atoms with Crippen LogP contribution in [0.15, 0.2) is 35.2 Å². The van der Waals surface area contributed by atoms with Gasteiger partial charge in [0, 0.05) is 11.1 Å². The lowest BCUT2D eigenvalue weighted by Crippen LogP contribution is -2.30. The number of amides is 1. The quantitative estimate of drug-likeness (QED) is 0.837. The Bertz CT molecular complexity index is 1020. The van der Waals surface area contributed by atoms with Gasteiger partial charge in [-0.15, -0.1) is 0 Å². The molecule has 1 heterocycles. The predicted octanol–water partition coefficient (Wildman–Crippen LogP) is 2.34. The van der Waals surface area contributed by atoms with Crippen LogP contribution in [0.4, 0.5) is 0 Å². The zero-order valence-electron chi connectivity index (χ0n) is 13.8. The van der Waals surface area contributed by atoms with Crippen molar-refractivity contribution in [1.82, 2.24) is 5.32 Å². The number of benzene rings is 2. The lowest BCUT2D eigenvalue weighted by Gasteiger charge is -2.14. The van der Waals surface area contributed by atoms with E-state index in [4.69, 9.17) is 21.5 Å². The summed E-state index contributed by atoms with van der Waals surface area (Å²) in [6.07, 6.45) is 2.25. The van der Waals surface area contributed by atoms with E-state index in [1.165, 1.54) is 6.07 Å². The minimum Gasteiger partial charge on any atom is -0.489 e. The molecule has 4 rings (SSSR count). The van der Waals surface area contributed by atoms with Gasteiger partial charge in [-0.3, -0.25) is 4.79 Å². The van der Waals surface area contributed by atoms with Crippen LogP contribution in [0.2, 0.25) is 5.02 Å². The van der Waals surface area contributed by atoms with Gasteiger partial charge in [0.15, 0.2) is 0 Å². The van der Waals surface area contributed by atoms with Crippen LogP contribution in [0.5, 0.6) is 5.75 Å². The summed E-state index contributed by atoms with van der Waals surface area (Å²) >= 11 is 6.11. The lowest BCUT2D eigenvalue weighted by atomic mass is 10.0. The summed E-state index contributed by atoms with van der Waals surface area (Å²) in [6.45, 7) is 0.276. The Labute approximate surface area is 156 Å². The number of hydrogen-bond donors (Lipinski definition) is 2. The summed E-state index contributed by atoms with van der Waals surface area (Å²) in [5.41, 5.74) is 2.68. The van der Waals surface area contributed by atoms with Crippen LogP contribution >= 0.6 is 11.6 Å². The summed E-state index contributed by atoms with van der Waals surface area (Å²) < 4.78 is 29.4. The number of nitrogens with two attached hydrogens (primary N) is 1. The fourth-order valence-electron chi connectivity index (χ4n) is 3.62. The molecule has 136 valence electrons. The highest BCUT2D eigenvalue weighted by Crippen LogP contribution is 2.38. The number of hydrogen-bond acceptors (Lipinski definition) is 4. The Hall–Kier alpha value is -2.09. The van der Waals surface area contributed by atoms with Crippen molar-refractivity contribution in [3.05, 3.63) is 57.6 Å². The summed E-state index contributed by atoms with van der Waals surface area (Å²) in [5.74, 6) is 0.199. The van der Waals surface area contributed by atoms with Crippen LogP contribution < -0.4 is 15.2 Å². The maximum atomic E-state index is 12.7. The molecule has 1 unspecified atom stereocenters. The van der Waals surface area contributed by atoms with Gasteiger partial charge in [0.2, 0.25) is 10.0 Å². The Morgan fingerprint density at radius 2 is 2.08 bits per heavy atom. The van der Waals surface area contributed by atoms with E-state index in [1.807, 2.05) is 6.07 Å². The van der Waals surface area contributed by atoms with Crippen molar-refractivity contribution in [3.8, 4) is 5.75 Å². The summed E-state index contributed by atoms with van der Waals surface area (Å²) in [5, 5.41) is 8.73. The fraction of sp³-hybridized carbons (Fsp3) is 0.278. The third-order valence-corrected chi connectivity index (χ3v) is 6.09. The number of fused-ring (bicyclic) bond motifs is 2. The van der Waals surface area contributed by atoms with E-state index in [-0.39, 0.29) is 29.0 Å². The topological polar surface area (TPSA) is 98.5 Å². The molecule has 2 aromatic rings. The van der Waals surface area contributed by atoms with E-state index < -0.39 is 10.0 Å². The zero-order valence-corrected chi connectivity index (χ0v) is 15.4. The zero-order chi connectivity index (χ0) is 18.5. The monoisotopic (exact) mass is 392 g/mol. The fourth-order valence-corrected chi connectivity index (χ4v) is 4.72. The van der Waals surface area contributed by atoms with Gasteiger partial charge in [-0.1, -0.05) is 23.7 Å². The molecule has 0 spiro atoms. The van der Waals surface area contributed by atoms with Gasteiger partial charge in [-0.25, -0.2) is 13.6 Å². The van der Waals surface area contributed by atoms with Crippen LogP contribution in [-0.4, -0.2) is 20.9 Å². The van der Waals surface area contributed by atoms with Crippen molar-refractivity contribution in [2.75, 3.05) is 6.61 Å². The van der Waals surface area contributed by atoms with Gasteiger partial charge in [0.05, 0.1) is 16.0 Å². The molecule has 3 N–H and O–H groups in total. The van der Waals surface area contributed by atoms with Crippen molar-refractivity contribution in [3.63, 3.8) is 0 Å². The summed E-state index contributed by atoms with van der Waals surface area (Å²) in [7, 11) is -3.89. The van der Waals surface area contributed by atoms with E-state index in [0.29, 0.717) is 17.2 Å². The first kappa shape index (κ1) is 17.3. The molecular weight excluding hydrogens is 376 g/mol. The molecule has 1 amide bonds. The average molecular weight is 393 g/mol. The van der Waals surface area contributed by atoms with Crippen LogP contribution in [0, 0.1) is 0 Å².